The number of halogens is 2. The van der Waals surface area contributed by atoms with Crippen molar-refractivity contribution < 1.29 is 9.13 Å². The third kappa shape index (κ3) is 3.95. The second-order valence-corrected chi connectivity index (χ2v) is 6.10. The molecule has 1 aromatic rings. The molecule has 2 atom stereocenters. The van der Waals surface area contributed by atoms with Gasteiger partial charge in [-0.1, -0.05) is 17.7 Å². The van der Waals surface area contributed by atoms with Gasteiger partial charge in [0.15, 0.2) is 0 Å². The largest absolute Gasteiger partial charge is 0.383 e. The fourth-order valence-electron chi connectivity index (χ4n) is 2.94. The zero-order valence-electron chi connectivity index (χ0n) is 12.7. The fourth-order valence-corrected chi connectivity index (χ4v) is 3.23. The number of methoxy groups -OCH3 is 1. The van der Waals surface area contributed by atoms with E-state index in [-0.39, 0.29) is 11.9 Å². The minimum absolute atomic E-state index is 0.218. The highest BCUT2D eigenvalue weighted by Gasteiger charge is 2.36. The molecule has 0 amide bonds. The Morgan fingerprint density at radius 3 is 2.71 bits per heavy atom. The van der Waals surface area contributed by atoms with Crippen LogP contribution in [0.1, 0.15) is 31.4 Å². The minimum Gasteiger partial charge on any atom is -0.383 e. The molecule has 1 fully saturated rings. The molecule has 2 unspecified atom stereocenters. The van der Waals surface area contributed by atoms with Gasteiger partial charge < -0.3 is 10.5 Å². The molecule has 2 rings (SSSR count). The van der Waals surface area contributed by atoms with Crippen LogP contribution in [0.5, 0.6) is 0 Å². The zero-order valence-corrected chi connectivity index (χ0v) is 13.4. The molecule has 5 heteroatoms. The van der Waals surface area contributed by atoms with E-state index in [4.69, 9.17) is 22.1 Å². The predicted molar refractivity (Wildman–Crippen MR) is 84.0 cm³/mol. The van der Waals surface area contributed by atoms with Crippen LogP contribution in [0.15, 0.2) is 18.2 Å². The Hall–Kier alpha value is -0.680. The van der Waals surface area contributed by atoms with Gasteiger partial charge in [0.1, 0.15) is 5.82 Å². The zero-order chi connectivity index (χ0) is 15.4. The number of nitrogens with zero attached hydrogens (tertiary/aromatic N) is 1. The summed E-state index contributed by atoms with van der Waals surface area (Å²) in [6.07, 6.45) is 2.46. The number of hydrogen-bond donors (Lipinski definition) is 1. The SMILES string of the molecule is COCCN(C(CN)c1c(F)cccc1Cl)C(C)C1CC1. The van der Waals surface area contributed by atoms with E-state index in [9.17, 15) is 4.39 Å². The molecule has 1 saturated carbocycles. The maximum atomic E-state index is 14.3. The smallest absolute Gasteiger partial charge is 0.129 e. The summed E-state index contributed by atoms with van der Waals surface area (Å²) in [5, 5.41) is 0.441. The minimum atomic E-state index is -0.289. The van der Waals surface area contributed by atoms with Crippen LogP contribution in [0.4, 0.5) is 4.39 Å². The van der Waals surface area contributed by atoms with Crippen molar-refractivity contribution in [2.24, 2.45) is 11.7 Å². The first-order valence-corrected chi connectivity index (χ1v) is 7.86. The average molecular weight is 315 g/mol. The molecule has 2 N–H and O–H groups in total. The maximum Gasteiger partial charge on any atom is 0.129 e. The second-order valence-electron chi connectivity index (χ2n) is 5.70. The summed E-state index contributed by atoms with van der Waals surface area (Å²) in [5.74, 6) is 0.379. The van der Waals surface area contributed by atoms with Gasteiger partial charge in [-0.05, 0) is 37.8 Å². The summed E-state index contributed by atoms with van der Waals surface area (Å²) in [5.41, 5.74) is 6.47. The Kier molecular flexibility index (Phi) is 5.99. The molecule has 0 aliphatic heterocycles. The van der Waals surface area contributed by atoms with E-state index in [2.05, 4.69) is 11.8 Å². The van der Waals surface area contributed by atoms with Crippen LogP contribution in [-0.4, -0.2) is 37.7 Å². The number of rotatable bonds is 8. The average Bonchev–Trinajstić information content (AvgIpc) is 3.29. The van der Waals surface area contributed by atoms with E-state index in [1.165, 1.54) is 18.9 Å². The molecule has 118 valence electrons. The van der Waals surface area contributed by atoms with Gasteiger partial charge in [-0.15, -0.1) is 0 Å². The summed E-state index contributed by atoms with van der Waals surface area (Å²) >= 11 is 6.23. The first-order chi connectivity index (χ1) is 10.1. The molecule has 1 aliphatic carbocycles. The van der Waals surface area contributed by atoms with Gasteiger partial charge in [0, 0.05) is 36.8 Å². The first kappa shape index (κ1) is 16.7. The van der Waals surface area contributed by atoms with Crippen LogP contribution in [0, 0.1) is 11.7 Å². The van der Waals surface area contributed by atoms with Crippen molar-refractivity contribution in [1.82, 2.24) is 4.90 Å². The van der Waals surface area contributed by atoms with Crippen molar-refractivity contribution in [3.05, 3.63) is 34.6 Å². The lowest BCUT2D eigenvalue weighted by atomic mass is 10.0. The Balaban J connectivity index is 2.29. The summed E-state index contributed by atoms with van der Waals surface area (Å²) in [6, 6.07) is 4.92. The molecular weight excluding hydrogens is 291 g/mol. The molecule has 0 bridgehead atoms. The molecule has 0 spiro atoms. The third-order valence-electron chi connectivity index (χ3n) is 4.34. The van der Waals surface area contributed by atoms with Gasteiger partial charge in [-0.2, -0.15) is 0 Å². The molecule has 1 aliphatic rings. The summed E-state index contributed by atoms with van der Waals surface area (Å²) in [6.45, 7) is 3.84. The molecule has 1 aromatic carbocycles. The molecule has 21 heavy (non-hydrogen) atoms. The molecule has 0 saturated heterocycles. The predicted octanol–water partition coefficient (Wildman–Crippen LogP) is 3.23. The van der Waals surface area contributed by atoms with Crippen molar-refractivity contribution in [2.45, 2.75) is 31.8 Å². The Morgan fingerprint density at radius 2 is 2.19 bits per heavy atom. The highest BCUT2D eigenvalue weighted by Crippen LogP contribution is 2.39. The van der Waals surface area contributed by atoms with E-state index in [1.807, 2.05) is 0 Å². The van der Waals surface area contributed by atoms with Crippen LogP contribution >= 0.6 is 11.6 Å². The standard InChI is InChI=1S/C16H24ClFN2O/c1-11(12-6-7-12)20(8-9-21-2)15(10-19)16-13(17)4-3-5-14(16)18/h3-5,11-12,15H,6-10,19H2,1-2H3. The van der Waals surface area contributed by atoms with Crippen molar-refractivity contribution in [1.29, 1.82) is 0 Å². The van der Waals surface area contributed by atoms with Gasteiger partial charge in [-0.25, -0.2) is 4.39 Å². The molecular formula is C16H24ClFN2O. The maximum absolute atomic E-state index is 14.3. The number of ether oxygens (including phenoxy) is 1. The highest BCUT2D eigenvalue weighted by atomic mass is 35.5. The lowest BCUT2D eigenvalue weighted by Gasteiger charge is -2.36. The van der Waals surface area contributed by atoms with Crippen molar-refractivity contribution in [3.8, 4) is 0 Å². The van der Waals surface area contributed by atoms with Gasteiger partial charge in [-0.3, -0.25) is 4.90 Å². The Bertz CT molecular complexity index is 447. The van der Waals surface area contributed by atoms with Crippen LogP contribution in [-0.2, 0) is 4.74 Å². The normalized spacial score (nSPS) is 18.0. The monoisotopic (exact) mass is 314 g/mol. The van der Waals surface area contributed by atoms with Crippen molar-refractivity contribution in [2.75, 3.05) is 26.8 Å². The quantitative estimate of drug-likeness (QED) is 0.800. The van der Waals surface area contributed by atoms with Gasteiger partial charge in [0.25, 0.3) is 0 Å². The molecule has 0 heterocycles. The third-order valence-corrected chi connectivity index (χ3v) is 4.67. The van der Waals surface area contributed by atoms with E-state index in [0.717, 1.165) is 6.54 Å². The van der Waals surface area contributed by atoms with Crippen LogP contribution < -0.4 is 5.73 Å². The number of hydrogen-bond acceptors (Lipinski definition) is 3. The molecule has 3 nitrogen and oxygen atoms in total. The molecule has 0 aromatic heterocycles. The van der Waals surface area contributed by atoms with E-state index in [1.54, 1.807) is 19.2 Å². The van der Waals surface area contributed by atoms with Gasteiger partial charge in [0.05, 0.1) is 12.6 Å². The lowest BCUT2D eigenvalue weighted by molar-refractivity contribution is 0.0821. The number of nitrogens with two attached hydrogens (primary N) is 1. The summed E-state index contributed by atoms with van der Waals surface area (Å²) < 4.78 is 19.5. The fraction of sp³-hybridized carbons (Fsp3) is 0.625. The second kappa shape index (κ2) is 7.54. The van der Waals surface area contributed by atoms with Gasteiger partial charge >= 0.3 is 0 Å². The van der Waals surface area contributed by atoms with Crippen LogP contribution in [0.2, 0.25) is 5.02 Å². The van der Waals surface area contributed by atoms with Crippen LogP contribution in [0.25, 0.3) is 0 Å². The Labute approximate surface area is 131 Å². The lowest BCUT2D eigenvalue weighted by Crippen LogP contribution is -2.43. The topological polar surface area (TPSA) is 38.5 Å². The van der Waals surface area contributed by atoms with E-state index < -0.39 is 0 Å². The van der Waals surface area contributed by atoms with E-state index >= 15 is 0 Å². The highest BCUT2D eigenvalue weighted by molar-refractivity contribution is 6.31. The number of benzene rings is 1. The molecule has 0 radical (unpaired) electrons. The Morgan fingerprint density at radius 1 is 1.48 bits per heavy atom. The first-order valence-electron chi connectivity index (χ1n) is 7.48. The van der Waals surface area contributed by atoms with Crippen molar-refractivity contribution in [3.63, 3.8) is 0 Å². The summed E-state index contributed by atoms with van der Waals surface area (Å²) in [7, 11) is 1.67. The van der Waals surface area contributed by atoms with E-state index in [0.29, 0.717) is 35.7 Å². The van der Waals surface area contributed by atoms with Gasteiger partial charge in [0.2, 0.25) is 0 Å². The van der Waals surface area contributed by atoms with Crippen LogP contribution in [0.3, 0.4) is 0 Å². The summed E-state index contributed by atoms with van der Waals surface area (Å²) in [4.78, 5) is 2.24. The van der Waals surface area contributed by atoms with Crippen molar-refractivity contribution >= 4 is 11.6 Å².